The number of rotatable bonds is 9. The molecule has 1 saturated heterocycles. The van der Waals surface area contributed by atoms with Crippen LogP contribution in [0.5, 0.6) is 0 Å². The first kappa shape index (κ1) is 27.7. The summed E-state index contributed by atoms with van der Waals surface area (Å²) in [6.45, 7) is 1.89. The van der Waals surface area contributed by atoms with Crippen molar-refractivity contribution in [1.29, 1.82) is 0 Å². The molecule has 0 bridgehead atoms. The molecule has 1 aliphatic heterocycles. The zero-order chi connectivity index (χ0) is 27.3. The first-order chi connectivity index (χ1) is 18.1. The molecule has 1 aliphatic rings. The van der Waals surface area contributed by atoms with Crippen molar-refractivity contribution in [3.05, 3.63) is 106 Å². The van der Waals surface area contributed by atoms with E-state index < -0.39 is 32.8 Å². The third-order valence-electron chi connectivity index (χ3n) is 6.31. The van der Waals surface area contributed by atoms with Gasteiger partial charge >= 0.3 is 6.18 Å². The van der Waals surface area contributed by atoms with Gasteiger partial charge in [0.1, 0.15) is 6.10 Å². The number of nitro benzene ring substituents is 1. The summed E-state index contributed by atoms with van der Waals surface area (Å²) in [5.41, 5.74) is 0.0646. The van der Waals surface area contributed by atoms with E-state index in [4.69, 9.17) is 4.74 Å². The number of halogens is 3. The van der Waals surface area contributed by atoms with E-state index >= 15 is 0 Å². The van der Waals surface area contributed by atoms with E-state index in [0.717, 1.165) is 23.8 Å². The highest BCUT2D eigenvalue weighted by molar-refractivity contribution is 7.89. The van der Waals surface area contributed by atoms with Crippen molar-refractivity contribution < 1.29 is 31.2 Å². The first-order valence-electron chi connectivity index (χ1n) is 11.9. The minimum Gasteiger partial charge on any atom is -0.367 e. The predicted octanol–water partition coefficient (Wildman–Crippen LogP) is 4.73. The molecule has 8 nitrogen and oxygen atoms in total. The normalized spacial score (nSPS) is 16.3. The first-order valence-corrected chi connectivity index (χ1v) is 13.3. The maximum atomic E-state index is 13.3. The number of alkyl halides is 3. The van der Waals surface area contributed by atoms with Crippen LogP contribution in [0.2, 0.25) is 0 Å². The van der Waals surface area contributed by atoms with Crippen LogP contribution in [-0.4, -0.2) is 61.9 Å². The van der Waals surface area contributed by atoms with E-state index in [9.17, 15) is 31.7 Å². The molecule has 1 unspecified atom stereocenters. The van der Waals surface area contributed by atoms with Crippen molar-refractivity contribution in [1.82, 2.24) is 9.21 Å². The van der Waals surface area contributed by atoms with Crippen LogP contribution in [0.3, 0.4) is 0 Å². The standard InChI is InChI=1S/C26H26F3N3O5S/c27-26(28,29)22-9-4-8-21(18-22)25(20-6-2-1-3-7-20)37-17-16-30-12-14-31(15-13-30)38(35,36)24-11-5-10-23(19-24)32(33)34/h1-11,18-19,25H,12-17H2. The molecule has 3 aromatic carbocycles. The van der Waals surface area contributed by atoms with Gasteiger partial charge in [0.25, 0.3) is 5.69 Å². The maximum Gasteiger partial charge on any atom is 0.416 e. The highest BCUT2D eigenvalue weighted by Crippen LogP contribution is 2.33. The molecule has 0 amide bonds. The quantitative estimate of drug-likeness (QED) is 0.283. The van der Waals surface area contributed by atoms with E-state index in [2.05, 4.69) is 0 Å². The molecule has 1 fully saturated rings. The third kappa shape index (κ3) is 6.57. The van der Waals surface area contributed by atoms with Gasteiger partial charge in [0.15, 0.2) is 0 Å². The second-order valence-electron chi connectivity index (χ2n) is 8.78. The van der Waals surface area contributed by atoms with Gasteiger partial charge in [0.2, 0.25) is 10.0 Å². The summed E-state index contributed by atoms with van der Waals surface area (Å²) in [6, 6.07) is 19.0. The Kier molecular flexibility index (Phi) is 8.46. The number of non-ortho nitro benzene ring substituents is 1. The molecule has 1 atom stereocenters. The van der Waals surface area contributed by atoms with E-state index in [1.165, 1.54) is 28.6 Å². The van der Waals surface area contributed by atoms with Gasteiger partial charge < -0.3 is 4.74 Å². The number of sulfonamides is 1. The molecule has 38 heavy (non-hydrogen) atoms. The van der Waals surface area contributed by atoms with Crippen molar-refractivity contribution in [2.24, 2.45) is 0 Å². The molecule has 0 N–H and O–H groups in total. The fraction of sp³-hybridized carbons (Fsp3) is 0.308. The highest BCUT2D eigenvalue weighted by atomic mass is 32.2. The number of ether oxygens (including phenoxy) is 1. The number of nitro groups is 1. The van der Waals surface area contributed by atoms with Crippen LogP contribution >= 0.6 is 0 Å². The Bertz CT molecular complexity index is 1360. The summed E-state index contributed by atoms with van der Waals surface area (Å²) < 4.78 is 73.1. The van der Waals surface area contributed by atoms with Gasteiger partial charge in [-0.2, -0.15) is 17.5 Å². The zero-order valence-corrected chi connectivity index (χ0v) is 21.1. The van der Waals surface area contributed by atoms with Gasteiger partial charge in [-0.3, -0.25) is 15.0 Å². The lowest BCUT2D eigenvalue weighted by Crippen LogP contribution is -2.49. The molecular weight excluding hydrogens is 523 g/mol. The topological polar surface area (TPSA) is 93.0 Å². The van der Waals surface area contributed by atoms with Crippen molar-refractivity contribution in [3.8, 4) is 0 Å². The third-order valence-corrected chi connectivity index (χ3v) is 8.20. The van der Waals surface area contributed by atoms with Gasteiger partial charge in [-0.25, -0.2) is 8.42 Å². The summed E-state index contributed by atoms with van der Waals surface area (Å²) in [6.07, 6.45) is -5.17. The molecule has 0 spiro atoms. The summed E-state index contributed by atoms with van der Waals surface area (Å²) in [7, 11) is -3.88. The largest absolute Gasteiger partial charge is 0.416 e. The van der Waals surface area contributed by atoms with Crippen molar-refractivity contribution >= 4 is 15.7 Å². The molecule has 0 aromatic heterocycles. The van der Waals surface area contributed by atoms with Crippen LogP contribution in [0.15, 0.2) is 83.8 Å². The van der Waals surface area contributed by atoms with E-state index in [-0.39, 0.29) is 30.3 Å². The van der Waals surface area contributed by atoms with Crippen LogP contribution in [0.1, 0.15) is 22.8 Å². The Morgan fingerprint density at radius 3 is 2.21 bits per heavy atom. The average molecular weight is 550 g/mol. The lowest BCUT2D eigenvalue weighted by atomic mass is 9.99. The monoisotopic (exact) mass is 549 g/mol. The number of benzene rings is 3. The summed E-state index contributed by atoms with van der Waals surface area (Å²) in [5.74, 6) is 0. The smallest absolute Gasteiger partial charge is 0.367 e. The Balaban J connectivity index is 1.38. The fourth-order valence-corrected chi connectivity index (χ4v) is 5.75. The van der Waals surface area contributed by atoms with Gasteiger partial charge in [-0.15, -0.1) is 0 Å². The van der Waals surface area contributed by atoms with Crippen LogP contribution < -0.4 is 0 Å². The van der Waals surface area contributed by atoms with E-state index in [1.807, 2.05) is 11.0 Å². The average Bonchev–Trinajstić information content (AvgIpc) is 2.91. The van der Waals surface area contributed by atoms with Crippen molar-refractivity contribution in [3.63, 3.8) is 0 Å². The van der Waals surface area contributed by atoms with E-state index in [0.29, 0.717) is 25.2 Å². The van der Waals surface area contributed by atoms with Gasteiger partial charge in [0.05, 0.1) is 22.0 Å². The molecule has 0 saturated carbocycles. The minimum atomic E-state index is -4.47. The zero-order valence-electron chi connectivity index (χ0n) is 20.3. The summed E-state index contributed by atoms with van der Waals surface area (Å²) >= 11 is 0. The fourth-order valence-electron chi connectivity index (χ4n) is 4.29. The number of hydrogen-bond acceptors (Lipinski definition) is 6. The van der Waals surface area contributed by atoms with Crippen LogP contribution in [-0.2, 0) is 20.9 Å². The number of hydrogen-bond donors (Lipinski definition) is 0. The molecule has 3 aromatic rings. The number of nitrogens with zero attached hydrogens (tertiary/aromatic N) is 3. The second kappa shape index (κ2) is 11.6. The van der Waals surface area contributed by atoms with E-state index in [1.54, 1.807) is 30.3 Å². The lowest BCUT2D eigenvalue weighted by Gasteiger charge is -2.34. The predicted molar refractivity (Wildman–Crippen MR) is 134 cm³/mol. The van der Waals surface area contributed by atoms with Crippen LogP contribution in [0, 0.1) is 10.1 Å². The van der Waals surface area contributed by atoms with Gasteiger partial charge in [0, 0.05) is 44.9 Å². The molecule has 1 heterocycles. The van der Waals surface area contributed by atoms with Crippen molar-refractivity contribution in [2.75, 3.05) is 39.3 Å². The Labute approximate surface area is 218 Å². The second-order valence-corrected chi connectivity index (χ2v) is 10.7. The maximum absolute atomic E-state index is 13.3. The lowest BCUT2D eigenvalue weighted by molar-refractivity contribution is -0.385. The SMILES string of the molecule is O=[N+]([O-])c1cccc(S(=O)(=O)N2CCN(CCOC(c3ccccc3)c3cccc(C(F)(F)F)c3)CC2)c1. The Morgan fingerprint density at radius 1 is 0.895 bits per heavy atom. The summed E-state index contributed by atoms with van der Waals surface area (Å²) in [5, 5.41) is 11.0. The Hall–Kier alpha value is -3.32. The highest BCUT2D eigenvalue weighted by Gasteiger charge is 2.32. The molecule has 0 radical (unpaired) electrons. The molecule has 202 valence electrons. The number of piperazine rings is 1. The molecule has 0 aliphatic carbocycles. The minimum absolute atomic E-state index is 0.129. The molecule has 12 heteroatoms. The van der Waals surface area contributed by atoms with Gasteiger partial charge in [-0.1, -0.05) is 48.5 Å². The van der Waals surface area contributed by atoms with Crippen LogP contribution in [0.25, 0.3) is 0 Å². The van der Waals surface area contributed by atoms with Gasteiger partial charge in [-0.05, 0) is 29.3 Å². The molecule has 4 rings (SSSR count). The Morgan fingerprint density at radius 2 is 1.55 bits per heavy atom. The van der Waals surface area contributed by atoms with Crippen molar-refractivity contribution in [2.45, 2.75) is 17.2 Å². The summed E-state index contributed by atoms with van der Waals surface area (Å²) in [4.78, 5) is 12.3. The molecular formula is C26H26F3N3O5S. The van der Waals surface area contributed by atoms with Crippen LogP contribution in [0.4, 0.5) is 18.9 Å².